The Morgan fingerprint density at radius 1 is 1.14 bits per heavy atom. The molecule has 2 aromatic rings. The van der Waals surface area contributed by atoms with Gasteiger partial charge in [-0.1, -0.05) is 23.7 Å². The van der Waals surface area contributed by atoms with Gasteiger partial charge < -0.3 is 9.64 Å². The molecule has 3 rings (SSSR count). The quantitative estimate of drug-likeness (QED) is 0.544. The number of aromatic nitrogens is 2. The third-order valence-electron chi connectivity index (χ3n) is 5.09. The molecule has 0 bridgehead atoms. The van der Waals surface area contributed by atoms with Gasteiger partial charge in [0.25, 0.3) is 11.7 Å². The van der Waals surface area contributed by atoms with Crippen LogP contribution >= 0.6 is 11.6 Å². The molecule has 1 fully saturated rings. The van der Waals surface area contributed by atoms with E-state index in [9.17, 15) is 9.59 Å². The Hall–Kier alpha value is -2.38. The Kier molecular flexibility index (Phi) is 6.36. The van der Waals surface area contributed by atoms with Crippen molar-refractivity contribution in [2.45, 2.75) is 13.8 Å². The molecule has 8 heteroatoms. The number of hydrogen-bond acceptors (Lipinski definition) is 5. The van der Waals surface area contributed by atoms with Gasteiger partial charge in [-0.25, -0.2) is 0 Å². The third kappa shape index (κ3) is 4.36. The number of ether oxygens (including phenoxy) is 1. The number of hydrogen-bond donors (Lipinski definition) is 0. The van der Waals surface area contributed by atoms with Crippen LogP contribution in [0.25, 0.3) is 0 Å². The highest BCUT2D eigenvalue weighted by Gasteiger charge is 2.30. The summed E-state index contributed by atoms with van der Waals surface area (Å²) >= 11 is 6.08. The van der Waals surface area contributed by atoms with Crippen LogP contribution in [0.5, 0.6) is 5.75 Å². The number of para-hydroxylation sites is 1. The molecule has 1 aliphatic rings. The number of rotatable bonds is 6. The molecule has 0 atom stereocenters. The SMILES string of the molecule is Cc1nn(C)c(C)c1C(=O)C(=O)N1CCN(CCOc2ccccc2Cl)CC1. The zero-order valence-electron chi connectivity index (χ0n) is 16.4. The van der Waals surface area contributed by atoms with Gasteiger partial charge in [0.05, 0.1) is 16.3 Å². The molecule has 7 nitrogen and oxygen atoms in total. The molecule has 1 aliphatic heterocycles. The summed E-state index contributed by atoms with van der Waals surface area (Å²) in [6.45, 7) is 7.27. The van der Waals surface area contributed by atoms with Crippen molar-refractivity contribution in [2.75, 3.05) is 39.3 Å². The molecule has 0 aliphatic carbocycles. The lowest BCUT2D eigenvalue weighted by Crippen LogP contribution is -2.51. The molecular formula is C20H25ClN4O3. The largest absolute Gasteiger partial charge is 0.491 e. The number of aryl methyl sites for hydroxylation is 2. The average Bonchev–Trinajstić information content (AvgIpc) is 2.94. The zero-order valence-corrected chi connectivity index (χ0v) is 17.2. The van der Waals surface area contributed by atoms with Gasteiger partial charge >= 0.3 is 0 Å². The molecule has 1 saturated heterocycles. The minimum absolute atomic E-state index is 0.420. The summed E-state index contributed by atoms with van der Waals surface area (Å²) < 4.78 is 7.35. The first-order valence-electron chi connectivity index (χ1n) is 9.32. The average molecular weight is 405 g/mol. The molecule has 150 valence electrons. The fraction of sp³-hybridized carbons (Fsp3) is 0.450. The van der Waals surface area contributed by atoms with Crippen LogP contribution in [0.1, 0.15) is 21.7 Å². The first-order valence-corrected chi connectivity index (χ1v) is 9.69. The minimum atomic E-state index is -0.474. The Morgan fingerprint density at radius 3 is 2.43 bits per heavy atom. The van der Waals surface area contributed by atoms with Crippen molar-refractivity contribution < 1.29 is 14.3 Å². The van der Waals surface area contributed by atoms with Crippen molar-refractivity contribution >= 4 is 23.3 Å². The number of benzene rings is 1. The highest BCUT2D eigenvalue weighted by atomic mass is 35.5. The van der Waals surface area contributed by atoms with Gasteiger partial charge in [-0.15, -0.1) is 0 Å². The van der Waals surface area contributed by atoms with E-state index in [1.54, 1.807) is 36.5 Å². The predicted octanol–water partition coefficient (Wildman–Crippen LogP) is 2.10. The topological polar surface area (TPSA) is 67.7 Å². The normalized spacial score (nSPS) is 14.9. The summed E-state index contributed by atoms with van der Waals surface area (Å²) in [7, 11) is 1.77. The number of ketones is 1. The van der Waals surface area contributed by atoms with Crippen LogP contribution in [0.15, 0.2) is 24.3 Å². The molecule has 0 radical (unpaired) electrons. The Balaban J connectivity index is 1.49. The van der Waals surface area contributed by atoms with Gasteiger partial charge in [-0.05, 0) is 26.0 Å². The maximum atomic E-state index is 12.7. The molecule has 1 aromatic heterocycles. The van der Waals surface area contributed by atoms with E-state index in [1.165, 1.54) is 0 Å². The van der Waals surface area contributed by atoms with E-state index in [2.05, 4.69) is 10.00 Å². The van der Waals surface area contributed by atoms with Gasteiger partial charge in [0.15, 0.2) is 0 Å². The van der Waals surface area contributed by atoms with Crippen LogP contribution in [-0.2, 0) is 11.8 Å². The monoisotopic (exact) mass is 404 g/mol. The number of amides is 1. The Labute approximate surface area is 169 Å². The van der Waals surface area contributed by atoms with Gasteiger partial charge in [-0.2, -0.15) is 5.10 Å². The lowest BCUT2D eigenvalue weighted by atomic mass is 10.1. The third-order valence-corrected chi connectivity index (χ3v) is 5.40. The Morgan fingerprint density at radius 2 is 1.82 bits per heavy atom. The second-order valence-corrected chi connectivity index (χ2v) is 7.32. The highest BCUT2D eigenvalue weighted by Crippen LogP contribution is 2.23. The molecular weight excluding hydrogens is 380 g/mol. The molecule has 1 aromatic carbocycles. The first-order chi connectivity index (χ1) is 13.4. The molecule has 0 unspecified atom stereocenters. The smallest absolute Gasteiger partial charge is 0.295 e. The van der Waals surface area contributed by atoms with Gasteiger partial charge in [0.1, 0.15) is 12.4 Å². The predicted molar refractivity (Wildman–Crippen MR) is 107 cm³/mol. The summed E-state index contributed by atoms with van der Waals surface area (Å²) in [4.78, 5) is 29.1. The lowest BCUT2D eigenvalue weighted by molar-refractivity contribution is -0.128. The van der Waals surface area contributed by atoms with Crippen molar-refractivity contribution in [2.24, 2.45) is 7.05 Å². The van der Waals surface area contributed by atoms with Gasteiger partial charge in [-0.3, -0.25) is 19.2 Å². The number of halogens is 1. The summed E-state index contributed by atoms with van der Waals surface area (Å²) in [5.41, 5.74) is 1.72. The summed E-state index contributed by atoms with van der Waals surface area (Å²) in [5, 5.41) is 4.82. The zero-order chi connectivity index (χ0) is 20.3. The van der Waals surface area contributed by atoms with Crippen LogP contribution in [0.2, 0.25) is 5.02 Å². The van der Waals surface area contributed by atoms with Crippen molar-refractivity contribution in [3.8, 4) is 5.75 Å². The second-order valence-electron chi connectivity index (χ2n) is 6.91. The van der Waals surface area contributed by atoms with Crippen LogP contribution in [0, 0.1) is 13.8 Å². The van der Waals surface area contributed by atoms with E-state index in [0.29, 0.717) is 60.5 Å². The number of piperazine rings is 1. The maximum Gasteiger partial charge on any atom is 0.295 e. The molecule has 2 heterocycles. The minimum Gasteiger partial charge on any atom is -0.491 e. The van der Waals surface area contributed by atoms with E-state index in [1.807, 2.05) is 18.2 Å². The first kappa shape index (κ1) is 20.4. The van der Waals surface area contributed by atoms with E-state index >= 15 is 0 Å². The molecule has 28 heavy (non-hydrogen) atoms. The fourth-order valence-corrected chi connectivity index (χ4v) is 3.56. The number of carbonyl (C=O) groups is 2. The number of Topliss-reactive ketones (excluding diaryl/α,β-unsaturated/α-hetero) is 1. The van der Waals surface area contributed by atoms with Gasteiger partial charge in [0.2, 0.25) is 0 Å². The standard InChI is InChI=1S/C20H25ClN4O3/c1-14-18(15(2)23(3)22-14)19(26)20(27)25-10-8-24(9-11-25)12-13-28-17-7-5-4-6-16(17)21/h4-7H,8-13H2,1-3H3. The van der Waals surface area contributed by atoms with Crippen LogP contribution in [0.4, 0.5) is 0 Å². The van der Waals surface area contributed by atoms with E-state index in [4.69, 9.17) is 16.3 Å². The molecule has 0 N–H and O–H groups in total. The highest BCUT2D eigenvalue weighted by molar-refractivity contribution is 6.43. The van der Waals surface area contributed by atoms with E-state index < -0.39 is 11.7 Å². The van der Waals surface area contributed by atoms with Crippen molar-refractivity contribution in [1.29, 1.82) is 0 Å². The van der Waals surface area contributed by atoms with Crippen LogP contribution in [-0.4, -0.2) is 70.6 Å². The van der Waals surface area contributed by atoms with Crippen molar-refractivity contribution in [3.05, 3.63) is 46.2 Å². The van der Waals surface area contributed by atoms with E-state index in [0.717, 1.165) is 6.54 Å². The van der Waals surface area contributed by atoms with E-state index in [-0.39, 0.29) is 0 Å². The summed E-state index contributed by atoms with van der Waals surface area (Å²) in [6, 6.07) is 7.38. The van der Waals surface area contributed by atoms with Crippen molar-refractivity contribution in [3.63, 3.8) is 0 Å². The summed E-state index contributed by atoms with van der Waals surface area (Å²) in [5.74, 6) is -0.254. The number of nitrogens with zero attached hydrogens (tertiary/aromatic N) is 4. The Bertz CT molecular complexity index is 872. The fourth-order valence-electron chi connectivity index (χ4n) is 3.37. The van der Waals surface area contributed by atoms with Crippen LogP contribution < -0.4 is 4.74 Å². The second kappa shape index (κ2) is 8.75. The molecule has 0 spiro atoms. The lowest BCUT2D eigenvalue weighted by Gasteiger charge is -2.34. The maximum absolute atomic E-state index is 12.7. The molecule has 0 saturated carbocycles. The van der Waals surface area contributed by atoms with Gasteiger partial charge in [0, 0.05) is 45.5 Å². The van der Waals surface area contributed by atoms with Crippen LogP contribution in [0.3, 0.4) is 0 Å². The summed E-state index contributed by atoms with van der Waals surface area (Å²) in [6.07, 6.45) is 0. The molecule has 1 amide bonds. The number of carbonyl (C=O) groups excluding carboxylic acids is 2. The van der Waals surface area contributed by atoms with Crippen molar-refractivity contribution in [1.82, 2.24) is 19.6 Å².